The smallest absolute Gasteiger partial charge is 0.312 e. The number of carbonyl (C=O) groups excluding carboxylic acids is 11. The van der Waals surface area contributed by atoms with Gasteiger partial charge in [-0.2, -0.15) is 0 Å². The highest BCUT2D eigenvalue weighted by Crippen LogP contribution is 2.22. The van der Waals surface area contributed by atoms with Crippen LogP contribution in [0.2, 0.25) is 0 Å². The fourth-order valence-corrected chi connectivity index (χ4v) is 10.1. The Labute approximate surface area is 520 Å². The molecule has 0 spiro atoms. The van der Waals surface area contributed by atoms with Crippen LogP contribution in [-0.2, 0) is 67.2 Å². The molecule has 3 aromatic carbocycles. The minimum absolute atomic E-state index is 0.00207. The summed E-state index contributed by atoms with van der Waals surface area (Å²) < 4.78 is 0. The molecule has 0 radical (unpaired) electrons. The van der Waals surface area contributed by atoms with Crippen LogP contribution in [0.1, 0.15) is 89.3 Å². The predicted molar refractivity (Wildman–Crippen MR) is 331 cm³/mol. The van der Waals surface area contributed by atoms with Gasteiger partial charge in [-0.1, -0.05) is 74.5 Å². The Balaban J connectivity index is 1.40. The van der Waals surface area contributed by atoms with Gasteiger partial charge in [0.15, 0.2) is 5.96 Å². The SMILES string of the molecule is CC(=O)N[C@H](Cc1ccc2ccccc2c1)C(=O)N[C@H](Cc1cccnc1)C(=O)N[C@@H](CO)C(=O)N[C@@H](Cc1ccc(O)cc1)C(=O)N[C@H](CCCNC(N)=O)C(=O)N[C@@H](CC(C)C)C(=O)N[C@@H](CCCN=C(N)N)C(=O)N1CCC[C@H]1C(=O)N[C@H](C)C(N)=O. The summed E-state index contributed by atoms with van der Waals surface area (Å²) >= 11 is 0. The van der Waals surface area contributed by atoms with E-state index in [1.54, 1.807) is 26.0 Å². The third kappa shape index (κ3) is 23.0. The van der Waals surface area contributed by atoms with Gasteiger partial charge in [-0.3, -0.25) is 57.9 Å². The van der Waals surface area contributed by atoms with Crippen LogP contribution in [0.5, 0.6) is 5.75 Å². The van der Waals surface area contributed by atoms with Crippen LogP contribution in [0.3, 0.4) is 0 Å². The van der Waals surface area contributed by atoms with Crippen molar-refractivity contribution >= 4 is 81.8 Å². The lowest BCUT2D eigenvalue weighted by Gasteiger charge is -2.31. The van der Waals surface area contributed by atoms with Crippen molar-refractivity contribution < 1.29 is 63.0 Å². The number of guanidine groups is 1. The first-order chi connectivity index (χ1) is 42.8. The number of aliphatic hydroxyl groups excluding tert-OH is 1. The van der Waals surface area contributed by atoms with E-state index in [-0.39, 0.29) is 95.0 Å². The number of fused-ring (bicyclic) bond motifs is 1. The van der Waals surface area contributed by atoms with E-state index in [4.69, 9.17) is 22.9 Å². The Morgan fingerprint density at radius 3 is 1.76 bits per heavy atom. The predicted octanol–water partition coefficient (Wildman–Crippen LogP) is -2.10. The van der Waals surface area contributed by atoms with Gasteiger partial charge >= 0.3 is 6.03 Å². The minimum atomic E-state index is -1.78. The summed E-state index contributed by atoms with van der Waals surface area (Å²) in [7, 11) is 0. The molecule has 29 heteroatoms. The normalized spacial score (nSPS) is 15.4. The Hall–Kier alpha value is -9.93. The van der Waals surface area contributed by atoms with Crippen LogP contribution in [0.25, 0.3) is 10.8 Å². The van der Waals surface area contributed by atoms with Gasteiger partial charge < -0.3 is 85.9 Å². The number of primary amides is 2. The van der Waals surface area contributed by atoms with Gasteiger partial charge in [0.2, 0.25) is 59.1 Å². The number of nitrogens with zero attached hydrogens (tertiary/aromatic N) is 3. The third-order valence-electron chi connectivity index (χ3n) is 14.7. The Morgan fingerprint density at radius 2 is 1.16 bits per heavy atom. The Bertz CT molecular complexity index is 3180. The number of pyridine rings is 1. The number of amides is 12. The number of carbonyl (C=O) groups is 11. The number of urea groups is 1. The van der Waals surface area contributed by atoms with E-state index >= 15 is 0 Å². The number of likely N-dealkylation sites (tertiary alicyclic amines) is 1. The zero-order valence-electron chi connectivity index (χ0n) is 50.9. The van der Waals surface area contributed by atoms with Crippen LogP contribution in [0.15, 0.2) is 96.2 Å². The molecular weight excluding hydrogens is 1160 g/mol. The van der Waals surface area contributed by atoms with E-state index in [0.29, 0.717) is 23.1 Å². The van der Waals surface area contributed by atoms with Gasteiger partial charge in [-0.25, -0.2) is 4.79 Å². The number of rotatable bonds is 34. The molecule has 0 bridgehead atoms. The maximum Gasteiger partial charge on any atom is 0.312 e. The molecule has 29 nitrogen and oxygen atoms in total. The van der Waals surface area contributed by atoms with E-state index in [1.807, 2.05) is 42.5 Å². The topological polar surface area (TPSA) is 469 Å². The molecular formula is C61H84N16O13. The van der Waals surface area contributed by atoms with E-state index in [1.165, 1.54) is 55.4 Å². The number of aliphatic hydroxyl groups is 1. The highest BCUT2D eigenvalue weighted by atomic mass is 16.3. The van der Waals surface area contributed by atoms with Gasteiger partial charge in [0.1, 0.15) is 60.1 Å². The van der Waals surface area contributed by atoms with Gasteiger partial charge in [0.25, 0.3) is 0 Å². The number of nitrogens with two attached hydrogens (primary N) is 4. The average Bonchev–Trinajstić information content (AvgIpc) is 1.68. The summed E-state index contributed by atoms with van der Waals surface area (Å²) in [4.78, 5) is 160. The first-order valence-corrected chi connectivity index (χ1v) is 29.7. The molecule has 0 unspecified atom stereocenters. The maximum absolute atomic E-state index is 14.7. The number of hydrogen-bond acceptors (Lipinski definition) is 15. The first-order valence-electron chi connectivity index (χ1n) is 29.7. The summed E-state index contributed by atoms with van der Waals surface area (Å²) in [5.74, 6) is -8.68. The van der Waals surface area contributed by atoms with Crippen LogP contribution in [-0.4, -0.2) is 172 Å². The zero-order chi connectivity index (χ0) is 66.0. The van der Waals surface area contributed by atoms with Crippen molar-refractivity contribution in [2.24, 2.45) is 33.8 Å². The third-order valence-corrected chi connectivity index (χ3v) is 14.7. The van der Waals surface area contributed by atoms with E-state index in [9.17, 15) is 63.0 Å². The Kier molecular flexibility index (Phi) is 27.7. The standard InChI is InChI=1S/C61H84N16O13/c1-34(2)27-45(53(83)72-44(15-9-24-67-60(63)64)59(89)77-26-10-16-50(77)58(88)69-35(3)51(62)81)73-52(82)43(14-8-25-68-61(65)90)71-55(85)47(29-37-18-21-42(80)22-19-37)75-57(87)49(33-78)76-56(86)48(31-39-11-7-23-66-32-39)74-54(84)46(70-36(4)79)30-38-17-20-40-12-5-6-13-41(40)28-38/h5-7,11-13,17-23,28,32,34-35,43-50,78,80H,8-10,14-16,24-27,29-31,33H2,1-4H3,(H2,62,81)(H,69,88)(H,70,79)(H,71,85)(H,72,83)(H,73,82)(H,74,84)(H,75,87)(H,76,86)(H4,63,64,67)(H3,65,68,90)/t35-,43-,44+,45+,46-,47+,48-,49+,50+/m1/s1. The molecule has 0 aliphatic carbocycles. The van der Waals surface area contributed by atoms with Crippen molar-refractivity contribution in [2.45, 2.75) is 146 Å². The monoisotopic (exact) mass is 1250 g/mol. The van der Waals surface area contributed by atoms with Crippen molar-refractivity contribution in [3.63, 3.8) is 0 Å². The van der Waals surface area contributed by atoms with Crippen LogP contribution >= 0.6 is 0 Å². The van der Waals surface area contributed by atoms with Gasteiger partial charge in [0.05, 0.1) is 6.61 Å². The number of aromatic nitrogens is 1. The summed E-state index contributed by atoms with van der Waals surface area (Å²) in [5.41, 5.74) is 23.3. The van der Waals surface area contributed by atoms with E-state index < -0.39 is 126 Å². The molecule has 90 heavy (non-hydrogen) atoms. The number of aliphatic imine (C=N–C) groups is 1. The van der Waals surface area contributed by atoms with Gasteiger partial charge in [-0.15, -0.1) is 0 Å². The molecule has 19 N–H and O–H groups in total. The van der Waals surface area contributed by atoms with Crippen molar-refractivity contribution in [2.75, 3.05) is 26.2 Å². The highest BCUT2D eigenvalue weighted by Gasteiger charge is 2.40. The second kappa shape index (κ2) is 35.2. The molecule has 1 fully saturated rings. The minimum Gasteiger partial charge on any atom is -0.508 e. The lowest BCUT2D eigenvalue weighted by Crippen LogP contribution is -2.61. The second-order valence-corrected chi connectivity index (χ2v) is 22.5. The number of phenolic OH excluding ortho intramolecular Hbond substituents is 1. The molecule has 4 aromatic rings. The lowest BCUT2D eigenvalue weighted by atomic mass is 10.00. The van der Waals surface area contributed by atoms with Crippen LogP contribution in [0.4, 0.5) is 4.79 Å². The molecule has 2 heterocycles. The average molecular weight is 1250 g/mol. The zero-order valence-corrected chi connectivity index (χ0v) is 50.9. The Morgan fingerprint density at radius 1 is 0.611 bits per heavy atom. The summed E-state index contributed by atoms with van der Waals surface area (Å²) in [5, 5.41) is 46.1. The second-order valence-electron chi connectivity index (χ2n) is 22.5. The van der Waals surface area contributed by atoms with E-state index in [2.05, 4.69) is 57.8 Å². The molecule has 1 aliphatic heterocycles. The fourth-order valence-electron chi connectivity index (χ4n) is 10.1. The molecule has 5 rings (SSSR count). The quantitative estimate of drug-likeness (QED) is 0.0135. The number of benzene rings is 3. The van der Waals surface area contributed by atoms with E-state index in [0.717, 1.165) is 10.8 Å². The van der Waals surface area contributed by atoms with Crippen molar-refractivity contribution in [3.05, 3.63) is 108 Å². The number of nitrogens with one attached hydrogen (secondary N) is 9. The fraction of sp³-hybridized carbons (Fsp3) is 0.459. The van der Waals surface area contributed by atoms with Crippen molar-refractivity contribution in [1.29, 1.82) is 0 Å². The molecule has 12 amide bonds. The molecule has 1 aliphatic rings. The number of phenols is 1. The summed E-state index contributed by atoms with van der Waals surface area (Å²) in [6.07, 6.45) is 3.17. The molecule has 486 valence electrons. The molecule has 9 atom stereocenters. The van der Waals surface area contributed by atoms with Crippen molar-refractivity contribution in [1.82, 2.24) is 57.7 Å². The summed E-state index contributed by atoms with van der Waals surface area (Å²) in [6, 6.07) is 8.90. The number of hydrogen-bond donors (Lipinski definition) is 15. The first kappa shape index (κ1) is 70.8. The van der Waals surface area contributed by atoms with Crippen molar-refractivity contribution in [3.8, 4) is 5.75 Å². The molecule has 1 aromatic heterocycles. The molecule has 1 saturated heterocycles. The molecule has 0 saturated carbocycles. The van der Waals surface area contributed by atoms with Gasteiger partial charge in [-0.05, 0) is 103 Å². The summed E-state index contributed by atoms with van der Waals surface area (Å²) in [6.45, 7) is 5.27. The van der Waals surface area contributed by atoms with Crippen LogP contribution in [0, 0.1) is 5.92 Å². The van der Waals surface area contributed by atoms with Crippen LogP contribution < -0.4 is 70.8 Å². The maximum atomic E-state index is 14.7. The number of aromatic hydroxyl groups is 1. The van der Waals surface area contributed by atoms with Gasteiger partial charge in [0, 0.05) is 58.2 Å². The lowest BCUT2D eigenvalue weighted by molar-refractivity contribution is -0.142. The largest absolute Gasteiger partial charge is 0.508 e. The highest BCUT2D eigenvalue weighted by molar-refractivity contribution is 5.99.